The lowest BCUT2D eigenvalue weighted by Gasteiger charge is -2.23. The van der Waals surface area contributed by atoms with Crippen LogP contribution in [0.4, 0.5) is 0 Å². The van der Waals surface area contributed by atoms with E-state index in [4.69, 9.17) is 0 Å². The van der Waals surface area contributed by atoms with Gasteiger partial charge in [0.2, 0.25) is 0 Å². The van der Waals surface area contributed by atoms with Crippen molar-refractivity contribution in [3.63, 3.8) is 0 Å². The molecular weight excluding hydrogens is 222 g/mol. The number of nitrogens with one attached hydrogen (secondary N) is 2. The fourth-order valence-electron chi connectivity index (χ4n) is 3.70. The first-order valence-electron chi connectivity index (χ1n) is 7.61. The van der Waals surface area contributed by atoms with Crippen LogP contribution in [0.5, 0.6) is 0 Å². The predicted octanol–water partition coefficient (Wildman–Crippen LogP) is 3.23. The van der Waals surface area contributed by atoms with Gasteiger partial charge < -0.3 is 5.32 Å². The highest BCUT2D eigenvalue weighted by atomic mass is 15.1. The molecule has 0 bridgehead atoms. The third-order valence-corrected chi connectivity index (χ3v) is 4.78. The van der Waals surface area contributed by atoms with Gasteiger partial charge in [0.05, 0.1) is 5.69 Å². The zero-order valence-electron chi connectivity index (χ0n) is 11.5. The van der Waals surface area contributed by atoms with E-state index in [1.54, 1.807) is 0 Å². The van der Waals surface area contributed by atoms with Gasteiger partial charge in [-0.05, 0) is 44.7 Å². The van der Waals surface area contributed by atoms with Crippen molar-refractivity contribution in [3.8, 4) is 0 Å². The van der Waals surface area contributed by atoms with Crippen LogP contribution in [0.3, 0.4) is 0 Å². The minimum Gasteiger partial charge on any atom is -0.316 e. The average Bonchev–Trinajstić information content (AvgIpc) is 2.83. The molecule has 2 N–H and O–H groups in total. The average molecular weight is 247 g/mol. The smallest absolute Gasteiger partial charge is 0.0697 e. The fourth-order valence-corrected chi connectivity index (χ4v) is 3.70. The van der Waals surface area contributed by atoms with Crippen LogP contribution < -0.4 is 5.32 Å². The molecule has 1 saturated heterocycles. The van der Waals surface area contributed by atoms with Gasteiger partial charge in [-0.15, -0.1) is 0 Å². The monoisotopic (exact) mass is 247 g/mol. The zero-order chi connectivity index (χ0) is 12.4. The van der Waals surface area contributed by atoms with E-state index in [9.17, 15) is 0 Å². The molecule has 0 aromatic carbocycles. The molecule has 2 aliphatic rings. The van der Waals surface area contributed by atoms with Gasteiger partial charge in [0.15, 0.2) is 0 Å². The van der Waals surface area contributed by atoms with Crippen molar-refractivity contribution in [3.05, 3.63) is 17.0 Å². The molecule has 1 aliphatic carbocycles. The third kappa shape index (κ3) is 2.33. The first-order chi connectivity index (χ1) is 8.86. The van der Waals surface area contributed by atoms with Gasteiger partial charge in [-0.25, -0.2) is 0 Å². The molecule has 0 amide bonds. The number of nitrogens with zero attached hydrogens (tertiary/aromatic N) is 1. The molecule has 18 heavy (non-hydrogen) atoms. The Bertz CT molecular complexity index is 349. The Hall–Kier alpha value is -0.830. The van der Waals surface area contributed by atoms with E-state index in [0.29, 0.717) is 5.92 Å². The molecule has 2 fully saturated rings. The van der Waals surface area contributed by atoms with Gasteiger partial charge in [0, 0.05) is 24.1 Å². The fraction of sp³-hybridized carbons (Fsp3) is 0.800. The second-order valence-electron chi connectivity index (χ2n) is 6.03. The highest BCUT2D eigenvalue weighted by molar-refractivity contribution is 5.30. The Labute approximate surface area is 110 Å². The molecule has 1 saturated carbocycles. The van der Waals surface area contributed by atoms with Gasteiger partial charge in [-0.3, -0.25) is 5.10 Å². The summed E-state index contributed by atoms with van der Waals surface area (Å²) in [4.78, 5) is 0. The molecular formula is C15H25N3. The standard InChI is InChI=1S/C15H25N3/c1-11-14(12-6-3-2-4-7-12)17-18-15(11)13-8-5-9-16-10-13/h12-13,16H,2-10H2,1H3,(H,17,18). The van der Waals surface area contributed by atoms with Gasteiger partial charge in [0.25, 0.3) is 0 Å². The summed E-state index contributed by atoms with van der Waals surface area (Å²) in [5.41, 5.74) is 4.23. The lowest BCUT2D eigenvalue weighted by atomic mass is 9.84. The topological polar surface area (TPSA) is 40.7 Å². The number of hydrogen-bond donors (Lipinski definition) is 2. The second kappa shape index (κ2) is 5.43. The third-order valence-electron chi connectivity index (χ3n) is 4.78. The Balaban J connectivity index is 1.78. The molecule has 1 unspecified atom stereocenters. The highest BCUT2D eigenvalue weighted by Gasteiger charge is 2.25. The molecule has 0 spiro atoms. The van der Waals surface area contributed by atoms with Crippen molar-refractivity contribution in [1.82, 2.24) is 15.5 Å². The van der Waals surface area contributed by atoms with E-state index in [0.717, 1.165) is 12.5 Å². The van der Waals surface area contributed by atoms with Gasteiger partial charge in [0.1, 0.15) is 0 Å². The van der Waals surface area contributed by atoms with E-state index in [1.165, 1.54) is 68.4 Å². The van der Waals surface area contributed by atoms with Gasteiger partial charge >= 0.3 is 0 Å². The predicted molar refractivity (Wildman–Crippen MR) is 74.0 cm³/mol. The number of piperidine rings is 1. The van der Waals surface area contributed by atoms with Crippen LogP contribution in [-0.4, -0.2) is 23.3 Å². The SMILES string of the molecule is Cc1c(C2CCCNC2)n[nH]c1C1CCCCC1. The van der Waals surface area contributed by atoms with E-state index >= 15 is 0 Å². The number of aromatic nitrogens is 2. The molecule has 1 aliphatic heterocycles. The van der Waals surface area contributed by atoms with Crippen LogP contribution in [0.1, 0.15) is 73.7 Å². The Morgan fingerprint density at radius 3 is 2.50 bits per heavy atom. The Morgan fingerprint density at radius 2 is 1.78 bits per heavy atom. The van der Waals surface area contributed by atoms with E-state index in [-0.39, 0.29) is 0 Å². The summed E-state index contributed by atoms with van der Waals surface area (Å²) in [7, 11) is 0. The Morgan fingerprint density at radius 1 is 1.00 bits per heavy atom. The Kier molecular flexibility index (Phi) is 3.69. The number of aromatic amines is 1. The van der Waals surface area contributed by atoms with Crippen molar-refractivity contribution in [2.75, 3.05) is 13.1 Å². The highest BCUT2D eigenvalue weighted by Crippen LogP contribution is 2.35. The molecule has 1 aromatic heterocycles. The molecule has 2 heterocycles. The van der Waals surface area contributed by atoms with Gasteiger partial charge in [-0.1, -0.05) is 19.3 Å². The lowest BCUT2D eigenvalue weighted by Crippen LogP contribution is -2.28. The maximum atomic E-state index is 4.65. The summed E-state index contributed by atoms with van der Waals surface area (Å²) >= 11 is 0. The van der Waals surface area contributed by atoms with Crippen LogP contribution in [0.2, 0.25) is 0 Å². The van der Waals surface area contributed by atoms with Crippen LogP contribution in [0.15, 0.2) is 0 Å². The largest absolute Gasteiger partial charge is 0.316 e. The van der Waals surface area contributed by atoms with Crippen molar-refractivity contribution in [1.29, 1.82) is 0 Å². The zero-order valence-corrected chi connectivity index (χ0v) is 11.5. The molecule has 1 aromatic rings. The summed E-state index contributed by atoms with van der Waals surface area (Å²) in [6.45, 7) is 4.56. The molecule has 0 radical (unpaired) electrons. The second-order valence-corrected chi connectivity index (χ2v) is 6.03. The molecule has 3 rings (SSSR count). The maximum Gasteiger partial charge on any atom is 0.0697 e. The maximum absolute atomic E-state index is 4.65. The van der Waals surface area contributed by atoms with Crippen LogP contribution in [-0.2, 0) is 0 Å². The van der Waals surface area contributed by atoms with Crippen LogP contribution in [0.25, 0.3) is 0 Å². The van der Waals surface area contributed by atoms with E-state index < -0.39 is 0 Å². The minimum absolute atomic E-state index is 0.632. The first-order valence-corrected chi connectivity index (χ1v) is 7.61. The van der Waals surface area contributed by atoms with Crippen molar-refractivity contribution in [2.45, 2.75) is 63.7 Å². The van der Waals surface area contributed by atoms with E-state index in [2.05, 4.69) is 22.4 Å². The summed E-state index contributed by atoms with van der Waals surface area (Å²) in [5.74, 6) is 1.38. The number of hydrogen-bond acceptors (Lipinski definition) is 2. The van der Waals surface area contributed by atoms with Crippen LogP contribution >= 0.6 is 0 Å². The molecule has 3 heteroatoms. The van der Waals surface area contributed by atoms with E-state index in [1.807, 2.05) is 0 Å². The quantitative estimate of drug-likeness (QED) is 0.842. The molecule has 3 nitrogen and oxygen atoms in total. The van der Waals surface area contributed by atoms with Gasteiger partial charge in [-0.2, -0.15) is 5.10 Å². The lowest BCUT2D eigenvalue weighted by molar-refractivity contribution is 0.435. The van der Waals surface area contributed by atoms with Crippen molar-refractivity contribution in [2.24, 2.45) is 0 Å². The summed E-state index contributed by atoms with van der Waals surface area (Å²) in [6, 6.07) is 0. The summed E-state index contributed by atoms with van der Waals surface area (Å²) in [5, 5.41) is 11.5. The van der Waals surface area contributed by atoms with Crippen molar-refractivity contribution >= 4 is 0 Å². The minimum atomic E-state index is 0.632. The summed E-state index contributed by atoms with van der Waals surface area (Å²) in [6.07, 6.45) is 9.49. The number of rotatable bonds is 2. The number of H-pyrrole nitrogens is 1. The van der Waals surface area contributed by atoms with Crippen LogP contribution in [0, 0.1) is 6.92 Å². The summed E-state index contributed by atoms with van der Waals surface area (Å²) < 4.78 is 0. The normalized spacial score (nSPS) is 26.4. The molecule has 1 atom stereocenters. The first kappa shape index (κ1) is 12.2. The molecule has 100 valence electrons. The van der Waals surface area contributed by atoms with Crippen molar-refractivity contribution < 1.29 is 0 Å².